The normalized spacial score (nSPS) is 15.7. The molecular formula is C22H34F2N4O3. The van der Waals surface area contributed by atoms with Gasteiger partial charge in [-0.15, -0.1) is 0 Å². The van der Waals surface area contributed by atoms with Crippen LogP contribution in [0.1, 0.15) is 51.5 Å². The number of hydrazine groups is 1. The van der Waals surface area contributed by atoms with Crippen molar-refractivity contribution in [2.45, 2.75) is 58.7 Å². The summed E-state index contributed by atoms with van der Waals surface area (Å²) in [5.74, 6) is 0.368. The smallest absolute Gasteiger partial charge is 0.324 e. The molecule has 174 valence electrons. The summed E-state index contributed by atoms with van der Waals surface area (Å²) in [7, 11) is 0. The first-order chi connectivity index (χ1) is 14.8. The molecule has 1 aromatic carbocycles. The van der Waals surface area contributed by atoms with E-state index in [1.165, 1.54) is 37.7 Å². The number of benzene rings is 1. The summed E-state index contributed by atoms with van der Waals surface area (Å²) in [6.07, 6.45) is 4.46. The third kappa shape index (κ3) is 10.5. The van der Waals surface area contributed by atoms with Crippen molar-refractivity contribution in [3.05, 3.63) is 29.6 Å². The zero-order valence-corrected chi connectivity index (χ0v) is 18.4. The summed E-state index contributed by atoms with van der Waals surface area (Å²) in [5.41, 5.74) is 7.22. The molecule has 0 spiro atoms. The molecule has 0 bridgehead atoms. The maximum atomic E-state index is 13.8. The maximum absolute atomic E-state index is 13.8. The predicted octanol–water partition coefficient (Wildman–Crippen LogP) is 3.30. The Kier molecular flexibility index (Phi) is 10.7. The quantitative estimate of drug-likeness (QED) is 0.264. The Hall–Kier alpha value is -2.26. The molecule has 0 atom stereocenters. The fourth-order valence-corrected chi connectivity index (χ4v) is 2.87. The zero-order chi connectivity index (χ0) is 22.6. The minimum atomic E-state index is -0.667. The van der Waals surface area contributed by atoms with Crippen LogP contribution < -0.4 is 20.9 Å². The second-order valence-electron chi connectivity index (χ2n) is 8.15. The molecule has 0 radical (unpaired) electrons. The lowest BCUT2D eigenvalue weighted by molar-refractivity contribution is -0.118. The molecule has 7 nitrogen and oxygen atoms in total. The average Bonchev–Trinajstić information content (AvgIpc) is 3.47. The van der Waals surface area contributed by atoms with Crippen molar-refractivity contribution >= 4 is 11.9 Å². The van der Waals surface area contributed by atoms with Crippen molar-refractivity contribution in [1.82, 2.24) is 21.1 Å². The van der Waals surface area contributed by atoms with Gasteiger partial charge in [0.15, 0.2) is 11.6 Å². The van der Waals surface area contributed by atoms with Crippen LogP contribution in [-0.4, -0.2) is 49.3 Å². The second-order valence-corrected chi connectivity index (χ2v) is 8.15. The van der Waals surface area contributed by atoms with Crippen molar-refractivity contribution in [3.63, 3.8) is 0 Å². The van der Waals surface area contributed by atoms with Gasteiger partial charge in [-0.05, 0) is 63.1 Å². The highest BCUT2D eigenvalue weighted by atomic mass is 19.1. The van der Waals surface area contributed by atoms with E-state index in [1.54, 1.807) is 12.1 Å². The molecule has 1 saturated heterocycles. The Morgan fingerprint density at radius 1 is 1.19 bits per heavy atom. The summed E-state index contributed by atoms with van der Waals surface area (Å²) in [5, 5.41) is 2.27. The van der Waals surface area contributed by atoms with Crippen LogP contribution in [0, 0.1) is 11.7 Å². The van der Waals surface area contributed by atoms with Gasteiger partial charge in [-0.2, -0.15) is 0 Å². The Balaban J connectivity index is 0.000000785. The molecule has 1 aliphatic heterocycles. The maximum Gasteiger partial charge on any atom is 0.324 e. The first-order valence-electron chi connectivity index (χ1n) is 10.9. The minimum Gasteiger partial charge on any atom is -0.490 e. The lowest BCUT2D eigenvalue weighted by Gasteiger charge is -2.13. The van der Waals surface area contributed by atoms with Gasteiger partial charge in [0.2, 0.25) is 5.91 Å². The third-order valence-corrected chi connectivity index (χ3v) is 4.68. The molecule has 2 aliphatic rings. The van der Waals surface area contributed by atoms with Gasteiger partial charge in [-0.3, -0.25) is 21.0 Å². The van der Waals surface area contributed by atoms with E-state index in [0.29, 0.717) is 31.4 Å². The standard InChI is InChI=1S/C19H27FN4O3.C3H7F/c20-16-7-6-15(10-17(16)27-13-14-4-5-14)11-22-21-8-2-1-3-9-24-12-18(25)23-19(24)26;1-3(2)4/h6-7,10,14,21-22H,1-5,8-9,11-13H2,(H,23,25,26);3H,1-2H3. The van der Waals surface area contributed by atoms with E-state index in [9.17, 15) is 18.4 Å². The second kappa shape index (κ2) is 13.2. The summed E-state index contributed by atoms with van der Waals surface area (Å²) in [4.78, 5) is 24.0. The Morgan fingerprint density at radius 3 is 2.58 bits per heavy atom. The number of urea groups is 1. The molecule has 3 amide bonds. The van der Waals surface area contributed by atoms with Gasteiger partial charge in [0, 0.05) is 19.6 Å². The number of hydrogen-bond donors (Lipinski definition) is 3. The van der Waals surface area contributed by atoms with Gasteiger partial charge < -0.3 is 9.64 Å². The number of ether oxygens (including phenoxy) is 1. The first-order valence-corrected chi connectivity index (χ1v) is 10.9. The van der Waals surface area contributed by atoms with Crippen molar-refractivity contribution < 1.29 is 23.1 Å². The number of imide groups is 1. The zero-order valence-electron chi connectivity index (χ0n) is 18.4. The lowest BCUT2D eigenvalue weighted by Crippen LogP contribution is -2.32. The SMILES string of the molecule is CC(C)F.O=C1CN(CCCCCNNCc2ccc(F)c(OCC3CC3)c2)C(=O)N1. The van der Waals surface area contributed by atoms with Gasteiger partial charge in [0.1, 0.15) is 6.54 Å². The molecule has 9 heteroatoms. The molecule has 0 aromatic heterocycles. The van der Waals surface area contributed by atoms with E-state index in [1.807, 2.05) is 0 Å². The molecule has 2 fully saturated rings. The number of carbonyl (C=O) groups is 2. The van der Waals surface area contributed by atoms with Crippen LogP contribution in [0.2, 0.25) is 0 Å². The largest absolute Gasteiger partial charge is 0.490 e. The summed E-state index contributed by atoms with van der Waals surface area (Å²) < 4.78 is 30.3. The van der Waals surface area contributed by atoms with Crippen LogP contribution in [0.15, 0.2) is 18.2 Å². The van der Waals surface area contributed by atoms with Gasteiger partial charge in [0.25, 0.3) is 0 Å². The van der Waals surface area contributed by atoms with E-state index >= 15 is 0 Å². The van der Waals surface area contributed by atoms with Gasteiger partial charge in [0.05, 0.1) is 12.8 Å². The number of nitrogens with zero attached hydrogens (tertiary/aromatic N) is 1. The van der Waals surface area contributed by atoms with E-state index in [4.69, 9.17) is 4.74 Å². The molecule has 1 heterocycles. The van der Waals surface area contributed by atoms with Crippen molar-refractivity contribution in [1.29, 1.82) is 0 Å². The highest BCUT2D eigenvalue weighted by molar-refractivity contribution is 6.01. The van der Waals surface area contributed by atoms with Crippen LogP contribution in [0.4, 0.5) is 13.6 Å². The number of rotatable bonds is 12. The molecule has 3 rings (SSSR count). The highest BCUT2D eigenvalue weighted by Crippen LogP contribution is 2.30. The van der Waals surface area contributed by atoms with E-state index in [-0.39, 0.29) is 24.3 Å². The molecule has 1 saturated carbocycles. The van der Waals surface area contributed by atoms with Crippen LogP contribution in [0.25, 0.3) is 0 Å². The lowest BCUT2D eigenvalue weighted by atomic mass is 10.2. The number of carbonyl (C=O) groups excluding carboxylic acids is 2. The van der Waals surface area contributed by atoms with E-state index in [2.05, 4.69) is 16.2 Å². The van der Waals surface area contributed by atoms with Crippen LogP contribution in [-0.2, 0) is 11.3 Å². The van der Waals surface area contributed by atoms with Gasteiger partial charge in [-0.1, -0.05) is 12.5 Å². The molecule has 1 aromatic rings. The number of hydrogen-bond acceptors (Lipinski definition) is 5. The predicted molar refractivity (Wildman–Crippen MR) is 115 cm³/mol. The molecule has 31 heavy (non-hydrogen) atoms. The molecular weight excluding hydrogens is 406 g/mol. The Labute approximate surface area is 182 Å². The van der Waals surface area contributed by atoms with Crippen molar-refractivity contribution in [3.8, 4) is 5.75 Å². The highest BCUT2D eigenvalue weighted by Gasteiger charge is 2.25. The van der Waals surface area contributed by atoms with Crippen LogP contribution in [0.5, 0.6) is 5.75 Å². The number of halogens is 2. The van der Waals surface area contributed by atoms with Crippen LogP contribution >= 0.6 is 0 Å². The Morgan fingerprint density at radius 2 is 1.94 bits per heavy atom. The fourth-order valence-electron chi connectivity index (χ4n) is 2.87. The van der Waals surface area contributed by atoms with Gasteiger partial charge in [-0.25, -0.2) is 13.6 Å². The molecule has 1 aliphatic carbocycles. The number of unbranched alkanes of at least 4 members (excludes halogenated alkanes) is 2. The monoisotopic (exact) mass is 440 g/mol. The first kappa shape index (κ1) is 25.0. The number of alkyl halides is 1. The van der Waals surface area contributed by atoms with E-state index in [0.717, 1.165) is 31.4 Å². The fraction of sp³-hybridized carbons (Fsp3) is 0.636. The number of nitrogens with one attached hydrogen (secondary N) is 3. The number of amides is 3. The summed E-state index contributed by atoms with van der Waals surface area (Å²) in [6.45, 7) is 5.74. The molecule has 3 N–H and O–H groups in total. The van der Waals surface area contributed by atoms with Crippen LogP contribution in [0.3, 0.4) is 0 Å². The van der Waals surface area contributed by atoms with E-state index < -0.39 is 6.17 Å². The Bertz CT molecular complexity index is 711. The summed E-state index contributed by atoms with van der Waals surface area (Å²) in [6, 6.07) is 4.64. The minimum absolute atomic E-state index is 0.169. The summed E-state index contributed by atoms with van der Waals surface area (Å²) >= 11 is 0. The molecule has 0 unspecified atom stereocenters. The topological polar surface area (TPSA) is 82.7 Å². The van der Waals surface area contributed by atoms with Crippen molar-refractivity contribution in [2.24, 2.45) is 5.92 Å². The van der Waals surface area contributed by atoms with Gasteiger partial charge >= 0.3 is 6.03 Å². The third-order valence-electron chi connectivity index (χ3n) is 4.68. The van der Waals surface area contributed by atoms with Crippen molar-refractivity contribution in [2.75, 3.05) is 26.2 Å². The average molecular weight is 441 g/mol.